The van der Waals surface area contributed by atoms with E-state index in [-0.39, 0.29) is 5.91 Å². The summed E-state index contributed by atoms with van der Waals surface area (Å²) in [6.07, 6.45) is 3.39. The Kier molecular flexibility index (Phi) is 5.23. The second kappa shape index (κ2) is 7.55. The normalized spacial score (nSPS) is 15.6. The first-order chi connectivity index (χ1) is 11.2. The van der Waals surface area contributed by atoms with Crippen LogP contribution in [0.4, 0.5) is 5.82 Å². The number of likely N-dealkylation sites (tertiary alicyclic amines) is 1. The molecule has 0 atom stereocenters. The number of thiophene rings is 1. The Morgan fingerprint density at radius 1 is 1.30 bits per heavy atom. The summed E-state index contributed by atoms with van der Waals surface area (Å²) in [6, 6.07) is 8.42. The summed E-state index contributed by atoms with van der Waals surface area (Å²) in [4.78, 5) is 15.6. The minimum absolute atomic E-state index is 0.270. The van der Waals surface area contributed by atoms with Crippen LogP contribution in [0.1, 0.15) is 29.8 Å². The molecular weight excluding hydrogens is 308 g/mol. The van der Waals surface area contributed by atoms with E-state index >= 15 is 0 Å². The van der Waals surface area contributed by atoms with Crippen LogP contribution in [-0.2, 0) is 11.2 Å². The molecule has 0 radical (unpaired) electrons. The van der Waals surface area contributed by atoms with Gasteiger partial charge >= 0.3 is 0 Å². The molecule has 0 aliphatic carbocycles. The third-order valence-corrected chi connectivity index (χ3v) is 5.10. The van der Waals surface area contributed by atoms with Crippen LogP contribution in [0.5, 0.6) is 0 Å². The van der Waals surface area contributed by atoms with Crippen molar-refractivity contribution in [1.82, 2.24) is 15.1 Å². The van der Waals surface area contributed by atoms with Crippen LogP contribution < -0.4 is 5.32 Å². The maximum atomic E-state index is 12.3. The Balaban J connectivity index is 1.42. The highest BCUT2D eigenvalue weighted by atomic mass is 32.1. The van der Waals surface area contributed by atoms with Crippen molar-refractivity contribution in [3.63, 3.8) is 0 Å². The smallest absolute Gasteiger partial charge is 0.222 e. The monoisotopic (exact) mass is 330 g/mol. The van der Waals surface area contributed by atoms with E-state index in [1.54, 1.807) is 11.3 Å². The van der Waals surface area contributed by atoms with E-state index in [0.717, 1.165) is 43.9 Å². The van der Waals surface area contributed by atoms with Crippen LogP contribution in [0, 0.1) is 6.92 Å². The van der Waals surface area contributed by atoms with Crippen molar-refractivity contribution in [2.45, 2.75) is 38.6 Å². The van der Waals surface area contributed by atoms with Gasteiger partial charge in [0.1, 0.15) is 5.82 Å². The van der Waals surface area contributed by atoms with Gasteiger partial charge < -0.3 is 10.2 Å². The van der Waals surface area contributed by atoms with Crippen molar-refractivity contribution < 1.29 is 4.79 Å². The lowest BCUT2D eigenvalue weighted by molar-refractivity contribution is -0.132. The van der Waals surface area contributed by atoms with Gasteiger partial charge in [0.2, 0.25) is 5.91 Å². The van der Waals surface area contributed by atoms with Crippen LogP contribution >= 0.6 is 11.3 Å². The number of nitrogens with zero attached hydrogens (tertiary/aromatic N) is 3. The largest absolute Gasteiger partial charge is 0.366 e. The molecule has 23 heavy (non-hydrogen) atoms. The first-order valence-electron chi connectivity index (χ1n) is 8.08. The zero-order valence-electron chi connectivity index (χ0n) is 13.4. The molecule has 0 unspecified atom stereocenters. The van der Waals surface area contributed by atoms with Crippen LogP contribution in [0.2, 0.25) is 0 Å². The van der Waals surface area contributed by atoms with Crippen LogP contribution in [0.15, 0.2) is 29.6 Å². The third-order valence-electron chi connectivity index (χ3n) is 4.16. The highest BCUT2D eigenvalue weighted by molar-refractivity contribution is 7.09. The van der Waals surface area contributed by atoms with Gasteiger partial charge in [-0.2, -0.15) is 5.10 Å². The molecule has 1 saturated heterocycles. The first kappa shape index (κ1) is 15.9. The van der Waals surface area contributed by atoms with Gasteiger partial charge in [0, 0.05) is 30.4 Å². The van der Waals surface area contributed by atoms with E-state index in [1.807, 2.05) is 30.0 Å². The van der Waals surface area contributed by atoms with Gasteiger partial charge in [0.05, 0.1) is 5.69 Å². The van der Waals surface area contributed by atoms with E-state index in [9.17, 15) is 4.79 Å². The van der Waals surface area contributed by atoms with Crippen molar-refractivity contribution in [3.8, 4) is 0 Å². The summed E-state index contributed by atoms with van der Waals surface area (Å²) in [7, 11) is 0. The number of amides is 1. The summed E-state index contributed by atoms with van der Waals surface area (Å²) in [5.41, 5.74) is 0.918. The van der Waals surface area contributed by atoms with Gasteiger partial charge in [-0.05, 0) is 49.8 Å². The van der Waals surface area contributed by atoms with Crippen LogP contribution in [0.3, 0.4) is 0 Å². The Morgan fingerprint density at radius 2 is 2.13 bits per heavy atom. The first-order valence-corrected chi connectivity index (χ1v) is 8.96. The fraction of sp³-hybridized carbons (Fsp3) is 0.471. The van der Waals surface area contributed by atoms with Crippen molar-refractivity contribution >= 4 is 23.1 Å². The van der Waals surface area contributed by atoms with Gasteiger partial charge in [0.25, 0.3) is 0 Å². The predicted octanol–water partition coefficient (Wildman–Crippen LogP) is 2.88. The molecule has 122 valence electrons. The fourth-order valence-corrected chi connectivity index (χ4v) is 3.51. The number of carbonyl (C=O) groups is 1. The summed E-state index contributed by atoms with van der Waals surface area (Å²) in [5, 5.41) is 13.7. The van der Waals surface area contributed by atoms with Crippen molar-refractivity contribution in [2.75, 3.05) is 18.4 Å². The number of piperidine rings is 1. The molecule has 1 N–H and O–H groups in total. The zero-order valence-corrected chi connectivity index (χ0v) is 14.2. The number of hydrogen-bond acceptors (Lipinski definition) is 5. The summed E-state index contributed by atoms with van der Waals surface area (Å²) in [5.74, 6) is 1.09. The van der Waals surface area contributed by atoms with Gasteiger partial charge in [0.15, 0.2) is 0 Å². The lowest BCUT2D eigenvalue weighted by atomic mass is 10.0. The number of carbonyl (C=O) groups excluding carboxylic acids is 1. The lowest BCUT2D eigenvalue weighted by Crippen LogP contribution is -2.42. The zero-order chi connectivity index (χ0) is 16.1. The fourth-order valence-electron chi connectivity index (χ4n) is 2.80. The average molecular weight is 330 g/mol. The van der Waals surface area contributed by atoms with Gasteiger partial charge in [-0.1, -0.05) is 6.07 Å². The number of rotatable bonds is 5. The van der Waals surface area contributed by atoms with Gasteiger partial charge in [-0.15, -0.1) is 16.4 Å². The Morgan fingerprint density at radius 3 is 2.78 bits per heavy atom. The van der Waals surface area contributed by atoms with E-state index < -0.39 is 0 Å². The Bertz CT molecular complexity index is 619. The van der Waals surface area contributed by atoms with Crippen molar-refractivity contribution in [2.24, 2.45) is 0 Å². The molecule has 1 amide bonds. The summed E-state index contributed by atoms with van der Waals surface area (Å²) >= 11 is 1.72. The predicted molar refractivity (Wildman–Crippen MR) is 92.6 cm³/mol. The maximum Gasteiger partial charge on any atom is 0.222 e. The molecule has 3 heterocycles. The summed E-state index contributed by atoms with van der Waals surface area (Å²) in [6.45, 7) is 3.57. The molecule has 2 aromatic rings. The SMILES string of the molecule is Cc1ccc(NC2CCN(C(=O)CCc3cccs3)CC2)nn1. The average Bonchev–Trinajstić information content (AvgIpc) is 3.09. The molecule has 1 fully saturated rings. The maximum absolute atomic E-state index is 12.3. The molecule has 1 aliphatic rings. The molecule has 0 spiro atoms. The number of aromatic nitrogens is 2. The number of hydrogen-bond donors (Lipinski definition) is 1. The minimum atomic E-state index is 0.270. The molecule has 5 nitrogen and oxygen atoms in total. The quantitative estimate of drug-likeness (QED) is 0.916. The standard InChI is InChI=1S/C17H22N4OS/c1-13-4-6-16(20-19-13)18-14-8-10-21(11-9-14)17(22)7-5-15-3-2-12-23-15/h2-4,6,12,14H,5,7-11H2,1H3,(H,18,20). The number of nitrogens with one attached hydrogen (secondary N) is 1. The van der Waals surface area contributed by atoms with E-state index in [4.69, 9.17) is 0 Å². The Hall–Kier alpha value is -1.95. The second-order valence-corrected chi connectivity index (χ2v) is 6.97. The molecule has 2 aromatic heterocycles. The minimum Gasteiger partial charge on any atom is -0.366 e. The van der Waals surface area contributed by atoms with Crippen LogP contribution in [-0.4, -0.2) is 40.1 Å². The van der Waals surface area contributed by atoms with E-state index in [2.05, 4.69) is 27.0 Å². The van der Waals surface area contributed by atoms with Crippen molar-refractivity contribution in [3.05, 3.63) is 40.2 Å². The van der Waals surface area contributed by atoms with Crippen LogP contribution in [0.25, 0.3) is 0 Å². The van der Waals surface area contributed by atoms with Gasteiger partial charge in [-0.25, -0.2) is 0 Å². The molecule has 0 aromatic carbocycles. The Labute approximate surface area is 140 Å². The topological polar surface area (TPSA) is 58.1 Å². The van der Waals surface area contributed by atoms with Crippen molar-refractivity contribution in [1.29, 1.82) is 0 Å². The molecule has 3 rings (SSSR count). The second-order valence-electron chi connectivity index (χ2n) is 5.94. The molecule has 0 bridgehead atoms. The molecule has 6 heteroatoms. The van der Waals surface area contributed by atoms with E-state index in [0.29, 0.717) is 12.5 Å². The van der Waals surface area contributed by atoms with Gasteiger partial charge in [-0.3, -0.25) is 4.79 Å². The number of aryl methyl sites for hydroxylation is 2. The van der Waals surface area contributed by atoms with E-state index in [1.165, 1.54) is 4.88 Å². The highest BCUT2D eigenvalue weighted by Gasteiger charge is 2.22. The summed E-state index contributed by atoms with van der Waals surface area (Å²) < 4.78 is 0. The molecule has 0 saturated carbocycles. The number of anilines is 1. The molecule has 1 aliphatic heterocycles. The highest BCUT2D eigenvalue weighted by Crippen LogP contribution is 2.17. The lowest BCUT2D eigenvalue weighted by Gasteiger charge is -2.32. The third kappa shape index (κ3) is 4.51. The molecular formula is C17H22N4OS.